The van der Waals surface area contributed by atoms with Crippen LogP contribution in [-0.2, 0) is 11.2 Å². The molecule has 2 rings (SSSR count). The van der Waals surface area contributed by atoms with E-state index in [1.165, 1.54) is 6.07 Å². The van der Waals surface area contributed by atoms with Crippen molar-refractivity contribution >= 4 is 5.97 Å². The van der Waals surface area contributed by atoms with E-state index < -0.39 is 35.4 Å². The number of unbranched alkanes of at least 4 members (excludes halogenated alkanes) is 3. The summed E-state index contributed by atoms with van der Waals surface area (Å²) in [6, 6.07) is 3.71. The predicted molar refractivity (Wildman–Crippen MR) is 109 cm³/mol. The average molecular weight is 429 g/mol. The number of aliphatic hydroxyl groups is 3. The van der Waals surface area contributed by atoms with E-state index in [2.05, 4.69) is 0 Å². The predicted octanol–water partition coefficient (Wildman–Crippen LogP) is 3.97. The second-order valence-electron chi connectivity index (χ2n) is 8.79. The standard InChI is InChI=1S/C23H34F2O5/c24-19-10-8-16(13-20(19)25)7-9-18(26)11-12-23(30)14-17(21(27)15-23)5-3-1-2-4-6-22(28)29/h8,10,13,17-18,21,26-27,30H,1-7,9,11-12,14-15H2,(H,28,29)/t17-,18?,21+,23+/m1/s1. The lowest BCUT2D eigenvalue weighted by Crippen LogP contribution is -2.27. The van der Waals surface area contributed by atoms with Crippen LogP contribution in [0.5, 0.6) is 0 Å². The van der Waals surface area contributed by atoms with Gasteiger partial charge in [-0.25, -0.2) is 8.78 Å². The van der Waals surface area contributed by atoms with Gasteiger partial charge in [0.25, 0.3) is 0 Å². The minimum absolute atomic E-state index is 0.0220. The van der Waals surface area contributed by atoms with Crippen molar-refractivity contribution in [2.45, 2.75) is 94.9 Å². The number of halogens is 2. The molecule has 0 radical (unpaired) electrons. The number of aliphatic carboxylic acids is 1. The molecule has 1 fully saturated rings. The molecule has 0 amide bonds. The molecule has 5 nitrogen and oxygen atoms in total. The van der Waals surface area contributed by atoms with Gasteiger partial charge in [0.1, 0.15) is 0 Å². The quantitative estimate of drug-likeness (QED) is 0.357. The van der Waals surface area contributed by atoms with E-state index in [-0.39, 0.29) is 12.3 Å². The Hall–Kier alpha value is -1.57. The highest BCUT2D eigenvalue weighted by Gasteiger charge is 2.42. The molecule has 0 saturated heterocycles. The van der Waals surface area contributed by atoms with Crippen LogP contribution in [0, 0.1) is 17.6 Å². The van der Waals surface area contributed by atoms with Crippen LogP contribution in [0.4, 0.5) is 8.78 Å². The largest absolute Gasteiger partial charge is 0.481 e. The first-order chi connectivity index (χ1) is 14.2. The Balaban J connectivity index is 1.66. The van der Waals surface area contributed by atoms with Crippen LogP contribution in [0.25, 0.3) is 0 Å². The lowest BCUT2D eigenvalue weighted by molar-refractivity contribution is -0.137. The van der Waals surface area contributed by atoms with Crippen molar-refractivity contribution in [1.82, 2.24) is 0 Å². The first kappa shape index (κ1) is 24.7. The van der Waals surface area contributed by atoms with Gasteiger partial charge in [0.15, 0.2) is 11.6 Å². The van der Waals surface area contributed by atoms with E-state index in [1.807, 2.05) is 0 Å². The third-order valence-corrected chi connectivity index (χ3v) is 6.18. The van der Waals surface area contributed by atoms with Crippen LogP contribution < -0.4 is 0 Å². The van der Waals surface area contributed by atoms with Crippen molar-refractivity contribution < 1.29 is 34.0 Å². The molecule has 7 heteroatoms. The molecular formula is C23H34F2O5. The van der Waals surface area contributed by atoms with Gasteiger partial charge in [-0.1, -0.05) is 25.3 Å². The minimum atomic E-state index is -0.990. The lowest BCUT2D eigenvalue weighted by atomic mass is 9.90. The number of hydrogen-bond donors (Lipinski definition) is 4. The number of benzene rings is 1. The molecule has 0 heterocycles. The van der Waals surface area contributed by atoms with Crippen molar-refractivity contribution in [2.24, 2.45) is 5.92 Å². The molecule has 1 aliphatic carbocycles. The molecule has 4 N–H and O–H groups in total. The molecule has 1 aliphatic rings. The first-order valence-corrected chi connectivity index (χ1v) is 10.9. The van der Waals surface area contributed by atoms with Gasteiger partial charge in [-0.05, 0) is 68.6 Å². The van der Waals surface area contributed by atoms with E-state index >= 15 is 0 Å². The highest BCUT2D eigenvalue weighted by atomic mass is 19.2. The van der Waals surface area contributed by atoms with Gasteiger partial charge in [0.05, 0.1) is 17.8 Å². The zero-order chi connectivity index (χ0) is 22.1. The van der Waals surface area contributed by atoms with Crippen LogP contribution in [-0.4, -0.2) is 44.2 Å². The summed E-state index contributed by atoms with van der Waals surface area (Å²) in [4.78, 5) is 10.5. The smallest absolute Gasteiger partial charge is 0.303 e. The molecule has 30 heavy (non-hydrogen) atoms. The van der Waals surface area contributed by atoms with Gasteiger partial charge >= 0.3 is 5.97 Å². The fourth-order valence-electron chi connectivity index (χ4n) is 4.41. The summed E-state index contributed by atoms with van der Waals surface area (Å²) in [7, 11) is 0. The summed E-state index contributed by atoms with van der Waals surface area (Å²) in [5.41, 5.74) is -0.373. The summed E-state index contributed by atoms with van der Waals surface area (Å²) >= 11 is 0. The summed E-state index contributed by atoms with van der Waals surface area (Å²) in [5.74, 6) is -2.55. The number of carbonyl (C=O) groups is 1. The molecule has 0 bridgehead atoms. The maximum Gasteiger partial charge on any atom is 0.303 e. The molecule has 1 aromatic rings. The van der Waals surface area contributed by atoms with Crippen LogP contribution in [0.1, 0.15) is 76.2 Å². The maximum absolute atomic E-state index is 13.2. The zero-order valence-corrected chi connectivity index (χ0v) is 17.4. The Kier molecular flexibility index (Phi) is 9.65. The van der Waals surface area contributed by atoms with E-state index in [0.717, 1.165) is 37.8 Å². The minimum Gasteiger partial charge on any atom is -0.481 e. The second-order valence-corrected chi connectivity index (χ2v) is 8.79. The van der Waals surface area contributed by atoms with Crippen molar-refractivity contribution in [2.75, 3.05) is 0 Å². The summed E-state index contributed by atoms with van der Waals surface area (Å²) in [6.07, 6.45) is 5.47. The summed E-state index contributed by atoms with van der Waals surface area (Å²) in [6.45, 7) is 0. The number of carboxylic acids is 1. The van der Waals surface area contributed by atoms with E-state index in [4.69, 9.17) is 5.11 Å². The Morgan fingerprint density at radius 3 is 2.53 bits per heavy atom. The van der Waals surface area contributed by atoms with Crippen molar-refractivity contribution in [3.8, 4) is 0 Å². The first-order valence-electron chi connectivity index (χ1n) is 10.9. The molecule has 4 atom stereocenters. The van der Waals surface area contributed by atoms with Crippen LogP contribution in [0.15, 0.2) is 18.2 Å². The average Bonchev–Trinajstić information content (AvgIpc) is 2.97. The third kappa shape index (κ3) is 8.28. The van der Waals surface area contributed by atoms with E-state index in [9.17, 15) is 28.9 Å². The number of rotatable bonds is 13. The Morgan fingerprint density at radius 1 is 1.10 bits per heavy atom. The number of carboxylic acid groups (broad SMARTS) is 1. The molecule has 170 valence electrons. The summed E-state index contributed by atoms with van der Waals surface area (Å²) in [5, 5.41) is 40.0. The Labute approximate surface area is 176 Å². The molecule has 0 aromatic heterocycles. The Bertz CT molecular complexity index is 684. The van der Waals surface area contributed by atoms with Crippen LogP contribution >= 0.6 is 0 Å². The maximum atomic E-state index is 13.2. The van der Waals surface area contributed by atoms with Gasteiger partial charge in [-0.15, -0.1) is 0 Å². The summed E-state index contributed by atoms with van der Waals surface area (Å²) < 4.78 is 26.2. The molecule has 0 spiro atoms. The topological polar surface area (TPSA) is 98.0 Å². The van der Waals surface area contributed by atoms with Gasteiger partial charge in [-0.2, -0.15) is 0 Å². The van der Waals surface area contributed by atoms with E-state index in [1.54, 1.807) is 0 Å². The number of hydrogen-bond acceptors (Lipinski definition) is 4. The zero-order valence-electron chi connectivity index (χ0n) is 17.4. The van der Waals surface area contributed by atoms with Gasteiger partial charge < -0.3 is 20.4 Å². The lowest BCUT2D eigenvalue weighted by Gasteiger charge is -2.24. The van der Waals surface area contributed by atoms with Crippen LogP contribution in [0.2, 0.25) is 0 Å². The normalized spacial score (nSPS) is 24.8. The fourth-order valence-corrected chi connectivity index (χ4v) is 4.41. The van der Waals surface area contributed by atoms with E-state index in [0.29, 0.717) is 50.5 Å². The molecule has 1 unspecified atom stereocenters. The fraction of sp³-hybridized carbons (Fsp3) is 0.696. The van der Waals surface area contributed by atoms with Crippen molar-refractivity contribution in [3.63, 3.8) is 0 Å². The number of aryl methyl sites for hydroxylation is 1. The monoisotopic (exact) mass is 428 g/mol. The highest BCUT2D eigenvalue weighted by Crippen LogP contribution is 2.40. The third-order valence-electron chi connectivity index (χ3n) is 6.18. The molecule has 1 saturated carbocycles. The van der Waals surface area contributed by atoms with Crippen molar-refractivity contribution in [1.29, 1.82) is 0 Å². The van der Waals surface area contributed by atoms with Crippen molar-refractivity contribution in [3.05, 3.63) is 35.4 Å². The van der Waals surface area contributed by atoms with Gasteiger partial charge in [0, 0.05) is 12.8 Å². The molecule has 0 aliphatic heterocycles. The molecular weight excluding hydrogens is 394 g/mol. The van der Waals surface area contributed by atoms with Gasteiger partial charge in [0.2, 0.25) is 0 Å². The number of aliphatic hydroxyl groups excluding tert-OH is 2. The Morgan fingerprint density at radius 2 is 1.83 bits per heavy atom. The second kappa shape index (κ2) is 11.7. The van der Waals surface area contributed by atoms with Crippen LogP contribution in [0.3, 0.4) is 0 Å². The molecule has 1 aromatic carbocycles. The van der Waals surface area contributed by atoms with Gasteiger partial charge in [-0.3, -0.25) is 4.79 Å². The highest BCUT2D eigenvalue weighted by molar-refractivity contribution is 5.66. The SMILES string of the molecule is O=C(O)CCCCCC[C@@H]1C[C@@](O)(CCC(O)CCc2ccc(F)c(F)c2)C[C@@H]1O.